The Morgan fingerprint density at radius 1 is 1.16 bits per heavy atom. The van der Waals surface area contributed by atoms with E-state index in [1.165, 1.54) is 24.5 Å². The molecule has 134 valence electrons. The van der Waals surface area contributed by atoms with Gasteiger partial charge in [-0.15, -0.1) is 0 Å². The van der Waals surface area contributed by atoms with Gasteiger partial charge in [0.15, 0.2) is 0 Å². The number of alkyl halides is 3. The molecular formula is C18H19F3N2O2. The number of aromatic nitrogens is 2. The third kappa shape index (κ3) is 5.27. The molecule has 0 spiro atoms. The zero-order valence-electron chi connectivity index (χ0n) is 14.2. The summed E-state index contributed by atoms with van der Waals surface area (Å²) in [5.41, 5.74) is -1.73. The average molecular weight is 352 g/mol. The van der Waals surface area contributed by atoms with Gasteiger partial charge in [0.25, 0.3) is 0 Å². The van der Waals surface area contributed by atoms with Crippen molar-refractivity contribution in [3.63, 3.8) is 0 Å². The molecule has 0 aliphatic rings. The normalized spacial score (nSPS) is 12.1. The van der Waals surface area contributed by atoms with E-state index in [1.807, 2.05) is 20.8 Å². The zero-order chi connectivity index (χ0) is 18.7. The summed E-state index contributed by atoms with van der Waals surface area (Å²) in [7, 11) is 0. The SMILES string of the molecule is CC(C)(C)CCOc1ccc(C(F)(F)F)c(C(=O)c2cccnc2)n1. The Kier molecular flexibility index (Phi) is 5.45. The predicted octanol–water partition coefficient (Wildman–Crippen LogP) is 4.54. The lowest BCUT2D eigenvalue weighted by atomic mass is 9.93. The molecule has 0 aliphatic carbocycles. The van der Waals surface area contributed by atoms with Crippen molar-refractivity contribution in [2.24, 2.45) is 5.41 Å². The van der Waals surface area contributed by atoms with Crippen molar-refractivity contribution in [1.82, 2.24) is 9.97 Å². The third-order valence-electron chi connectivity index (χ3n) is 3.42. The van der Waals surface area contributed by atoms with Crippen LogP contribution < -0.4 is 4.74 Å². The standard InChI is InChI=1S/C18H19F3N2O2/c1-17(2,3)8-10-25-14-7-6-13(18(19,20)21)15(23-14)16(24)12-5-4-9-22-11-12/h4-7,9,11H,8,10H2,1-3H3. The topological polar surface area (TPSA) is 52.1 Å². The van der Waals surface area contributed by atoms with Crippen LogP contribution >= 0.6 is 0 Å². The van der Waals surface area contributed by atoms with Gasteiger partial charge in [-0.2, -0.15) is 13.2 Å². The molecule has 25 heavy (non-hydrogen) atoms. The summed E-state index contributed by atoms with van der Waals surface area (Å²) in [5, 5.41) is 0. The highest BCUT2D eigenvalue weighted by molar-refractivity contribution is 6.08. The Bertz CT molecular complexity index is 738. The molecule has 2 aromatic heterocycles. The minimum absolute atomic E-state index is 0.00973. The summed E-state index contributed by atoms with van der Waals surface area (Å²) in [6, 6.07) is 4.82. The molecule has 0 aromatic carbocycles. The number of ether oxygens (including phenoxy) is 1. The Morgan fingerprint density at radius 2 is 1.88 bits per heavy atom. The second-order valence-electron chi connectivity index (χ2n) is 6.77. The molecule has 2 aromatic rings. The van der Waals surface area contributed by atoms with Crippen LogP contribution in [-0.2, 0) is 6.18 Å². The lowest BCUT2D eigenvalue weighted by Crippen LogP contribution is -2.17. The quantitative estimate of drug-likeness (QED) is 0.741. The number of hydrogen-bond acceptors (Lipinski definition) is 4. The smallest absolute Gasteiger partial charge is 0.418 e. The maximum Gasteiger partial charge on any atom is 0.418 e. The first-order chi connectivity index (χ1) is 11.6. The number of nitrogens with zero attached hydrogens (tertiary/aromatic N) is 2. The van der Waals surface area contributed by atoms with Crippen LogP contribution in [0.25, 0.3) is 0 Å². The van der Waals surface area contributed by atoms with Crippen molar-refractivity contribution < 1.29 is 22.7 Å². The van der Waals surface area contributed by atoms with Crippen molar-refractivity contribution in [2.75, 3.05) is 6.61 Å². The Balaban J connectivity index is 2.34. The van der Waals surface area contributed by atoms with E-state index in [0.717, 1.165) is 12.1 Å². The summed E-state index contributed by atoms with van der Waals surface area (Å²) in [6.07, 6.45) is -1.36. The first-order valence-corrected chi connectivity index (χ1v) is 7.74. The molecule has 0 radical (unpaired) electrons. The molecule has 2 rings (SSSR count). The second kappa shape index (κ2) is 7.21. The fraction of sp³-hybridized carbons (Fsp3) is 0.389. The van der Waals surface area contributed by atoms with Gasteiger partial charge in [-0.25, -0.2) is 4.98 Å². The van der Waals surface area contributed by atoms with Crippen LogP contribution in [-0.4, -0.2) is 22.4 Å². The van der Waals surface area contributed by atoms with Crippen LogP contribution in [0.4, 0.5) is 13.2 Å². The largest absolute Gasteiger partial charge is 0.478 e. The number of halogens is 3. The van der Waals surface area contributed by atoms with Crippen molar-refractivity contribution >= 4 is 5.78 Å². The molecule has 7 heteroatoms. The van der Waals surface area contributed by atoms with Crippen molar-refractivity contribution in [3.8, 4) is 5.88 Å². The van der Waals surface area contributed by atoms with Gasteiger partial charge in [0.05, 0.1) is 12.2 Å². The molecule has 0 N–H and O–H groups in total. The third-order valence-corrected chi connectivity index (χ3v) is 3.42. The summed E-state index contributed by atoms with van der Waals surface area (Å²) in [5.74, 6) is -0.855. The molecular weight excluding hydrogens is 333 g/mol. The fourth-order valence-corrected chi connectivity index (χ4v) is 2.02. The molecule has 0 saturated carbocycles. The van der Waals surface area contributed by atoms with Gasteiger partial charge in [-0.05, 0) is 30.0 Å². The van der Waals surface area contributed by atoms with Crippen molar-refractivity contribution in [1.29, 1.82) is 0 Å². The van der Waals surface area contributed by atoms with E-state index in [9.17, 15) is 18.0 Å². The van der Waals surface area contributed by atoms with Crippen molar-refractivity contribution in [2.45, 2.75) is 33.4 Å². The summed E-state index contributed by atoms with van der Waals surface area (Å²) in [6.45, 7) is 6.36. The lowest BCUT2D eigenvalue weighted by Gasteiger charge is -2.18. The number of carbonyl (C=O) groups is 1. The highest BCUT2D eigenvalue weighted by Gasteiger charge is 2.36. The van der Waals surface area contributed by atoms with E-state index in [-0.39, 0.29) is 16.9 Å². The Morgan fingerprint density at radius 3 is 2.44 bits per heavy atom. The summed E-state index contributed by atoms with van der Waals surface area (Å²) in [4.78, 5) is 20.0. The molecule has 0 fully saturated rings. The molecule has 0 unspecified atom stereocenters. The van der Waals surface area contributed by atoms with Crippen LogP contribution in [0.15, 0.2) is 36.7 Å². The minimum atomic E-state index is -4.69. The van der Waals surface area contributed by atoms with Crippen LogP contribution in [0.5, 0.6) is 5.88 Å². The van der Waals surface area contributed by atoms with E-state index in [4.69, 9.17) is 4.74 Å². The van der Waals surface area contributed by atoms with Crippen molar-refractivity contribution in [3.05, 3.63) is 53.5 Å². The monoisotopic (exact) mass is 352 g/mol. The molecule has 0 aliphatic heterocycles. The van der Waals surface area contributed by atoms with E-state index in [0.29, 0.717) is 13.0 Å². The highest BCUT2D eigenvalue weighted by Crippen LogP contribution is 2.33. The van der Waals surface area contributed by atoms with Crippen LogP contribution in [0.1, 0.15) is 48.8 Å². The number of ketones is 1. The van der Waals surface area contributed by atoms with Gasteiger partial charge in [0, 0.05) is 24.0 Å². The maximum atomic E-state index is 13.2. The maximum absolute atomic E-state index is 13.2. The number of rotatable bonds is 5. The van der Waals surface area contributed by atoms with Gasteiger partial charge < -0.3 is 4.74 Å². The summed E-state index contributed by atoms with van der Waals surface area (Å²) < 4.78 is 45.1. The van der Waals surface area contributed by atoms with Gasteiger partial charge in [0.2, 0.25) is 11.7 Å². The summed E-state index contributed by atoms with van der Waals surface area (Å²) >= 11 is 0. The lowest BCUT2D eigenvalue weighted by molar-refractivity contribution is -0.138. The average Bonchev–Trinajstić information content (AvgIpc) is 2.52. The van der Waals surface area contributed by atoms with Gasteiger partial charge in [-0.1, -0.05) is 20.8 Å². The van der Waals surface area contributed by atoms with E-state index in [2.05, 4.69) is 9.97 Å². The highest BCUT2D eigenvalue weighted by atomic mass is 19.4. The fourth-order valence-electron chi connectivity index (χ4n) is 2.02. The molecule has 0 atom stereocenters. The molecule has 0 bridgehead atoms. The first kappa shape index (κ1) is 18.9. The number of hydrogen-bond donors (Lipinski definition) is 0. The molecule has 2 heterocycles. The van der Waals surface area contributed by atoms with Gasteiger partial charge in [0.1, 0.15) is 5.69 Å². The second-order valence-corrected chi connectivity index (χ2v) is 6.77. The van der Waals surface area contributed by atoms with Gasteiger partial charge >= 0.3 is 6.18 Å². The minimum Gasteiger partial charge on any atom is -0.478 e. The van der Waals surface area contributed by atoms with Gasteiger partial charge in [-0.3, -0.25) is 9.78 Å². The first-order valence-electron chi connectivity index (χ1n) is 7.74. The molecule has 0 saturated heterocycles. The van der Waals surface area contributed by atoms with E-state index in [1.54, 1.807) is 0 Å². The Labute approximate surface area is 144 Å². The molecule has 0 amide bonds. The zero-order valence-corrected chi connectivity index (χ0v) is 14.2. The van der Waals surface area contributed by atoms with E-state index < -0.39 is 23.2 Å². The predicted molar refractivity (Wildman–Crippen MR) is 86.5 cm³/mol. The van der Waals surface area contributed by atoms with Crippen LogP contribution in [0.2, 0.25) is 0 Å². The number of carbonyl (C=O) groups excluding carboxylic acids is 1. The Hall–Kier alpha value is -2.44. The molecule has 4 nitrogen and oxygen atoms in total. The van der Waals surface area contributed by atoms with Crippen LogP contribution in [0.3, 0.4) is 0 Å². The van der Waals surface area contributed by atoms with E-state index >= 15 is 0 Å². The number of pyridine rings is 2. The van der Waals surface area contributed by atoms with Crippen LogP contribution in [0, 0.1) is 5.41 Å².